The number of nitrogens with one attached hydrogen (secondary N) is 1. The van der Waals surface area contributed by atoms with Gasteiger partial charge in [0.1, 0.15) is 18.1 Å². The van der Waals surface area contributed by atoms with Crippen LogP contribution in [-0.2, 0) is 0 Å². The number of aliphatic hydroxyl groups excluding tert-OH is 1. The lowest BCUT2D eigenvalue weighted by Crippen LogP contribution is -2.03. The highest BCUT2D eigenvalue weighted by molar-refractivity contribution is 9.10. The predicted octanol–water partition coefficient (Wildman–Crippen LogP) is 4.03. The predicted molar refractivity (Wildman–Crippen MR) is 104 cm³/mol. The van der Waals surface area contributed by atoms with Crippen LogP contribution in [0.15, 0.2) is 53.1 Å². The van der Waals surface area contributed by atoms with Crippen molar-refractivity contribution in [2.75, 3.05) is 18.5 Å². The number of aryl methyl sites for hydroxylation is 1. The molecule has 0 radical (unpaired) electrons. The minimum Gasteiger partial charge on any atom is -0.508 e. The quantitative estimate of drug-likeness (QED) is 0.563. The van der Waals surface area contributed by atoms with E-state index >= 15 is 0 Å². The summed E-state index contributed by atoms with van der Waals surface area (Å²) >= 11 is 3.42. The third kappa shape index (κ3) is 4.30. The Kier molecular flexibility index (Phi) is 5.70. The smallest absolute Gasteiger partial charge is 0.227 e. The first-order valence-electron chi connectivity index (χ1n) is 8.00. The minimum atomic E-state index is -0.0571. The zero-order chi connectivity index (χ0) is 18.5. The van der Waals surface area contributed by atoms with Crippen molar-refractivity contribution < 1.29 is 14.9 Å². The van der Waals surface area contributed by atoms with Crippen LogP contribution in [0.2, 0.25) is 0 Å². The first-order chi connectivity index (χ1) is 12.6. The number of anilines is 2. The van der Waals surface area contributed by atoms with Gasteiger partial charge in [0.15, 0.2) is 0 Å². The van der Waals surface area contributed by atoms with Gasteiger partial charge in [0.05, 0.1) is 16.8 Å². The number of hydrogen-bond acceptors (Lipinski definition) is 6. The maximum Gasteiger partial charge on any atom is 0.227 e. The topological polar surface area (TPSA) is 87.5 Å². The summed E-state index contributed by atoms with van der Waals surface area (Å²) in [6.07, 6.45) is 1.73. The Morgan fingerprint density at radius 1 is 1.19 bits per heavy atom. The van der Waals surface area contributed by atoms with Crippen LogP contribution < -0.4 is 10.1 Å². The molecule has 0 bridgehead atoms. The second-order valence-corrected chi connectivity index (χ2v) is 6.47. The number of hydrogen-bond donors (Lipinski definition) is 3. The molecule has 0 amide bonds. The van der Waals surface area contributed by atoms with E-state index in [1.54, 1.807) is 30.5 Å². The summed E-state index contributed by atoms with van der Waals surface area (Å²) in [6, 6.07) is 12.5. The van der Waals surface area contributed by atoms with Gasteiger partial charge >= 0.3 is 0 Å². The summed E-state index contributed by atoms with van der Waals surface area (Å²) in [4.78, 5) is 8.89. The summed E-state index contributed by atoms with van der Waals surface area (Å²) in [5, 5.41) is 21.8. The molecule has 1 heterocycles. The van der Waals surface area contributed by atoms with Gasteiger partial charge in [-0.2, -0.15) is 0 Å². The fourth-order valence-corrected chi connectivity index (χ4v) is 2.79. The van der Waals surface area contributed by atoms with Gasteiger partial charge < -0.3 is 20.3 Å². The highest BCUT2D eigenvalue weighted by Crippen LogP contribution is 2.30. The average molecular weight is 416 g/mol. The Labute approximate surface area is 159 Å². The molecule has 26 heavy (non-hydrogen) atoms. The average Bonchev–Trinajstić information content (AvgIpc) is 2.63. The van der Waals surface area contributed by atoms with Gasteiger partial charge in [-0.25, -0.2) is 9.97 Å². The van der Waals surface area contributed by atoms with E-state index in [0.717, 1.165) is 27.0 Å². The highest BCUT2D eigenvalue weighted by Gasteiger charge is 2.09. The third-order valence-electron chi connectivity index (χ3n) is 3.63. The van der Waals surface area contributed by atoms with E-state index in [2.05, 4.69) is 31.2 Å². The van der Waals surface area contributed by atoms with E-state index in [-0.39, 0.29) is 19.0 Å². The van der Waals surface area contributed by atoms with Crippen LogP contribution in [0, 0.1) is 6.92 Å². The number of halogens is 1. The molecule has 7 heteroatoms. The van der Waals surface area contributed by atoms with Crippen molar-refractivity contribution in [2.24, 2.45) is 0 Å². The van der Waals surface area contributed by atoms with Crippen LogP contribution in [0.5, 0.6) is 11.5 Å². The van der Waals surface area contributed by atoms with Crippen LogP contribution in [0.3, 0.4) is 0 Å². The maximum atomic E-state index is 9.70. The Balaban J connectivity index is 1.88. The molecule has 3 N–H and O–H groups in total. The molecule has 2 aromatic carbocycles. The van der Waals surface area contributed by atoms with Crippen molar-refractivity contribution in [1.29, 1.82) is 0 Å². The molecule has 0 aliphatic carbocycles. The molecule has 3 aromatic rings. The third-order valence-corrected chi connectivity index (χ3v) is 4.28. The van der Waals surface area contributed by atoms with Gasteiger partial charge in [-0.3, -0.25) is 0 Å². The summed E-state index contributed by atoms with van der Waals surface area (Å²) in [5.41, 5.74) is 3.22. The molecule has 3 rings (SSSR count). The van der Waals surface area contributed by atoms with Crippen molar-refractivity contribution >= 4 is 27.6 Å². The summed E-state index contributed by atoms with van der Waals surface area (Å²) in [5.74, 6) is 1.24. The fourth-order valence-electron chi connectivity index (χ4n) is 2.42. The molecular formula is C19H18BrN3O3. The summed E-state index contributed by atoms with van der Waals surface area (Å²) in [6.45, 7) is 2.08. The van der Waals surface area contributed by atoms with Gasteiger partial charge in [-0.15, -0.1) is 0 Å². The number of rotatable bonds is 6. The number of nitrogens with zero attached hydrogens (tertiary/aromatic N) is 2. The first-order valence-corrected chi connectivity index (χ1v) is 8.79. The van der Waals surface area contributed by atoms with Crippen LogP contribution in [0.25, 0.3) is 11.3 Å². The molecule has 0 unspecified atom stereocenters. The molecule has 0 aliphatic heterocycles. The van der Waals surface area contributed by atoms with Crippen molar-refractivity contribution in [1.82, 2.24) is 9.97 Å². The standard InChI is InChI=1S/C19H18BrN3O3/c1-12-11-21-19(23-18(12)13-3-2-4-15(25)9-13)22-14-5-6-16(20)17(10-14)26-8-7-24/h2-6,9-11,24-25H,7-8H2,1H3,(H,21,22,23). The van der Waals surface area contributed by atoms with Crippen molar-refractivity contribution in [3.05, 3.63) is 58.7 Å². The largest absolute Gasteiger partial charge is 0.508 e. The fraction of sp³-hybridized carbons (Fsp3) is 0.158. The second kappa shape index (κ2) is 8.16. The number of phenolic OH excluding ortho intramolecular Hbond substituents is 1. The molecule has 0 fully saturated rings. The minimum absolute atomic E-state index is 0.0571. The number of phenols is 1. The zero-order valence-electron chi connectivity index (χ0n) is 14.1. The molecule has 1 aromatic heterocycles. The summed E-state index contributed by atoms with van der Waals surface area (Å²) in [7, 11) is 0. The highest BCUT2D eigenvalue weighted by atomic mass is 79.9. The van der Waals surface area contributed by atoms with Crippen LogP contribution in [-0.4, -0.2) is 33.4 Å². The van der Waals surface area contributed by atoms with Crippen LogP contribution >= 0.6 is 15.9 Å². The van der Waals surface area contributed by atoms with Gasteiger partial charge in [-0.05, 0) is 52.7 Å². The van der Waals surface area contributed by atoms with E-state index in [1.165, 1.54) is 0 Å². The van der Waals surface area contributed by atoms with Crippen LogP contribution in [0.4, 0.5) is 11.6 Å². The number of ether oxygens (including phenoxy) is 1. The lowest BCUT2D eigenvalue weighted by atomic mass is 10.1. The van der Waals surface area contributed by atoms with E-state index in [1.807, 2.05) is 25.1 Å². The number of aliphatic hydroxyl groups is 1. The van der Waals surface area contributed by atoms with Crippen molar-refractivity contribution in [3.63, 3.8) is 0 Å². The molecule has 0 spiro atoms. The van der Waals surface area contributed by atoms with E-state index < -0.39 is 0 Å². The van der Waals surface area contributed by atoms with E-state index in [0.29, 0.717) is 11.7 Å². The Morgan fingerprint density at radius 2 is 2.04 bits per heavy atom. The molecular weight excluding hydrogens is 398 g/mol. The molecule has 0 aliphatic rings. The maximum absolute atomic E-state index is 9.70. The second-order valence-electron chi connectivity index (χ2n) is 5.62. The van der Waals surface area contributed by atoms with Crippen molar-refractivity contribution in [3.8, 4) is 22.8 Å². The Bertz CT molecular complexity index is 918. The van der Waals surface area contributed by atoms with Gasteiger partial charge in [0.2, 0.25) is 5.95 Å². The Hall–Kier alpha value is -2.64. The molecule has 0 saturated heterocycles. The van der Waals surface area contributed by atoms with Gasteiger partial charge in [-0.1, -0.05) is 12.1 Å². The summed E-state index contributed by atoms with van der Waals surface area (Å²) < 4.78 is 6.28. The number of aromatic nitrogens is 2. The SMILES string of the molecule is Cc1cnc(Nc2ccc(Br)c(OCCO)c2)nc1-c1cccc(O)c1. The number of aromatic hydroxyl groups is 1. The zero-order valence-corrected chi connectivity index (χ0v) is 15.7. The van der Waals surface area contributed by atoms with Gasteiger partial charge in [0.25, 0.3) is 0 Å². The Morgan fingerprint density at radius 3 is 2.81 bits per heavy atom. The van der Waals surface area contributed by atoms with Crippen LogP contribution in [0.1, 0.15) is 5.56 Å². The first kappa shape index (κ1) is 18.2. The van der Waals surface area contributed by atoms with Gasteiger partial charge in [0, 0.05) is 23.5 Å². The number of benzene rings is 2. The molecule has 0 saturated carbocycles. The molecule has 6 nitrogen and oxygen atoms in total. The molecule has 134 valence electrons. The lowest BCUT2D eigenvalue weighted by molar-refractivity contribution is 0.200. The monoisotopic (exact) mass is 415 g/mol. The normalized spacial score (nSPS) is 10.6. The van der Waals surface area contributed by atoms with E-state index in [9.17, 15) is 5.11 Å². The van der Waals surface area contributed by atoms with Crippen molar-refractivity contribution in [2.45, 2.75) is 6.92 Å². The molecule has 0 atom stereocenters. The lowest BCUT2D eigenvalue weighted by Gasteiger charge is -2.12. The van der Waals surface area contributed by atoms with E-state index in [4.69, 9.17) is 9.84 Å².